The molecule has 0 aromatic carbocycles. The summed E-state index contributed by atoms with van der Waals surface area (Å²) in [6.45, 7) is 0.819. The zero-order chi connectivity index (χ0) is 16.5. The molecule has 0 saturated heterocycles. The molecule has 0 spiro atoms. The Kier molecular flexibility index (Phi) is 79.5. The number of hydrogen-bond acceptors (Lipinski definition) is 8. The van der Waals surface area contributed by atoms with Crippen molar-refractivity contribution in [3.8, 4) is 0 Å². The monoisotopic (exact) mass is 440 g/mol. The molecule has 0 bridgehead atoms. The maximum absolute atomic E-state index is 9.40. The van der Waals surface area contributed by atoms with Crippen molar-refractivity contribution in [2.75, 3.05) is 81.3 Å². The number of ether oxygens (including phenoxy) is 4. The Hall–Kier alpha value is 1.06. The van der Waals surface area contributed by atoms with Gasteiger partial charge in [-0.25, -0.2) is 0 Å². The Bertz CT molecular complexity index is 79.3. The molecule has 0 fully saturated rings. The second-order valence-electron chi connectivity index (χ2n) is 2.79. The van der Waals surface area contributed by atoms with Crippen LogP contribution in [0.3, 0.4) is 0 Å². The number of rotatable bonds is 8. The SMILES string of the molecule is COCC[O-].COCC[O-].COCC[O-].COCC[O-].[Ce+4]. The van der Waals surface area contributed by atoms with E-state index in [-0.39, 0.29) is 68.2 Å². The van der Waals surface area contributed by atoms with Crippen molar-refractivity contribution >= 4 is 0 Å². The predicted octanol–water partition coefficient (Wildman–Crippen LogP) is -4.03. The minimum Gasteiger partial charge on any atom is -0.853 e. The van der Waals surface area contributed by atoms with E-state index in [0.29, 0.717) is 26.4 Å². The Morgan fingerprint density at radius 3 is 0.619 bits per heavy atom. The van der Waals surface area contributed by atoms with Gasteiger partial charge in [-0.1, -0.05) is 0 Å². The summed E-state index contributed by atoms with van der Waals surface area (Å²) in [5.41, 5.74) is 0. The van der Waals surface area contributed by atoms with E-state index < -0.39 is 0 Å². The Labute approximate surface area is 161 Å². The molecule has 0 heterocycles. The predicted molar refractivity (Wildman–Crippen MR) is 67.0 cm³/mol. The van der Waals surface area contributed by atoms with Gasteiger partial charge in [0, 0.05) is 54.9 Å². The van der Waals surface area contributed by atoms with Crippen LogP contribution in [0, 0.1) is 41.7 Å². The third-order valence-electron chi connectivity index (χ3n) is 1.15. The molecule has 128 valence electrons. The van der Waals surface area contributed by atoms with Crippen molar-refractivity contribution in [1.29, 1.82) is 0 Å². The van der Waals surface area contributed by atoms with Crippen molar-refractivity contribution in [1.82, 2.24) is 0 Å². The molecule has 0 radical (unpaired) electrons. The molecule has 8 nitrogen and oxygen atoms in total. The van der Waals surface area contributed by atoms with E-state index in [2.05, 4.69) is 18.9 Å². The van der Waals surface area contributed by atoms with Crippen molar-refractivity contribution in [2.24, 2.45) is 0 Å². The summed E-state index contributed by atoms with van der Waals surface area (Å²) in [7, 11) is 6.05. The fraction of sp³-hybridized carbons (Fsp3) is 1.00. The standard InChI is InChI=1S/4C3H7O2.Ce/c4*1-5-3-2-4;/h4*2-3H2,1H3;/q4*-1;+4. The maximum atomic E-state index is 9.40. The van der Waals surface area contributed by atoms with Gasteiger partial charge in [0.15, 0.2) is 0 Å². The summed E-state index contributed by atoms with van der Waals surface area (Å²) >= 11 is 0. The van der Waals surface area contributed by atoms with Crippen LogP contribution in [0.4, 0.5) is 0 Å². The van der Waals surface area contributed by atoms with Gasteiger partial charge in [-0.15, -0.1) is 26.4 Å². The summed E-state index contributed by atoms with van der Waals surface area (Å²) in [4.78, 5) is 0. The summed E-state index contributed by atoms with van der Waals surface area (Å²) < 4.78 is 17.5. The molecule has 0 aliphatic rings. The van der Waals surface area contributed by atoms with Crippen LogP contribution >= 0.6 is 0 Å². The molecule has 0 saturated carbocycles. The molecule has 21 heavy (non-hydrogen) atoms. The van der Waals surface area contributed by atoms with E-state index in [4.69, 9.17) is 0 Å². The van der Waals surface area contributed by atoms with E-state index in [1.807, 2.05) is 0 Å². The molecular formula is C12H28CeO8. The Morgan fingerprint density at radius 1 is 0.476 bits per heavy atom. The molecule has 0 atom stereocenters. The van der Waals surface area contributed by atoms with Gasteiger partial charge < -0.3 is 39.4 Å². The summed E-state index contributed by atoms with van der Waals surface area (Å²) in [5.74, 6) is 0. The van der Waals surface area contributed by atoms with Crippen molar-refractivity contribution < 1.29 is 81.1 Å². The van der Waals surface area contributed by atoms with Crippen molar-refractivity contribution in [3.63, 3.8) is 0 Å². The van der Waals surface area contributed by atoms with E-state index in [1.165, 1.54) is 28.4 Å². The van der Waals surface area contributed by atoms with Gasteiger partial charge in [-0.3, -0.25) is 0 Å². The van der Waals surface area contributed by atoms with Crippen LogP contribution in [0.5, 0.6) is 0 Å². The average Bonchev–Trinajstić information content (AvgIpc) is 2.44. The van der Waals surface area contributed by atoms with Crippen LogP contribution in [-0.4, -0.2) is 81.3 Å². The molecule has 0 aromatic heterocycles. The van der Waals surface area contributed by atoms with Crippen LogP contribution in [0.2, 0.25) is 0 Å². The molecule has 0 amide bonds. The third kappa shape index (κ3) is 93.2. The van der Waals surface area contributed by atoms with Gasteiger partial charge in [0.25, 0.3) is 0 Å². The molecule has 0 rings (SSSR count). The molecule has 0 aliphatic heterocycles. The molecule has 9 heteroatoms. The zero-order valence-electron chi connectivity index (χ0n) is 13.4. The van der Waals surface area contributed by atoms with E-state index in [9.17, 15) is 20.4 Å². The van der Waals surface area contributed by atoms with Crippen LogP contribution in [0.15, 0.2) is 0 Å². The van der Waals surface area contributed by atoms with Crippen LogP contribution in [0.1, 0.15) is 0 Å². The van der Waals surface area contributed by atoms with Crippen LogP contribution in [-0.2, 0) is 18.9 Å². The van der Waals surface area contributed by atoms with Gasteiger partial charge in [0.1, 0.15) is 0 Å². The largest absolute Gasteiger partial charge is 4.00 e. The first-order chi connectivity index (χ1) is 9.66. The minimum atomic E-state index is -0.128. The van der Waals surface area contributed by atoms with Gasteiger partial charge >= 0.3 is 41.7 Å². The maximum Gasteiger partial charge on any atom is 4.00 e. The topological polar surface area (TPSA) is 129 Å². The van der Waals surface area contributed by atoms with E-state index in [1.54, 1.807) is 0 Å². The first-order valence-electron chi connectivity index (χ1n) is 5.94. The van der Waals surface area contributed by atoms with Gasteiger partial charge in [-0.2, -0.15) is 0 Å². The fourth-order valence-electron chi connectivity index (χ4n) is 0.333. The average molecular weight is 440 g/mol. The molecular weight excluding hydrogens is 412 g/mol. The Morgan fingerprint density at radius 2 is 0.619 bits per heavy atom. The summed E-state index contributed by atoms with van der Waals surface area (Å²) in [5, 5.41) is 37.6. The van der Waals surface area contributed by atoms with Crippen LogP contribution < -0.4 is 20.4 Å². The van der Waals surface area contributed by atoms with Crippen LogP contribution in [0.25, 0.3) is 0 Å². The molecule has 0 aliphatic carbocycles. The summed E-state index contributed by atoms with van der Waals surface area (Å²) in [6.07, 6.45) is 0. The fourth-order valence-corrected chi connectivity index (χ4v) is 0.333. The zero-order valence-corrected chi connectivity index (χ0v) is 16.6. The van der Waals surface area contributed by atoms with Gasteiger partial charge in [0.2, 0.25) is 0 Å². The number of methoxy groups -OCH3 is 4. The van der Waals surface area contributed by atoms with Crippen molar-refractivity contribution in [3.05, 3.63) is 0 Å². The van der Waals surface area contributed by atoms with Gasteiger partial charge in [-0.05, 0) is 0 Å². The van der Waals surface area contributed by atoms with Gasteiger partial charge in [0.05, 0.1) is 0 Å². The van der Waals surface area contributed by atoms with E-state index >= 15 is 0 Å². The smallest absolute Gasteiger partial charge is 0.853 e. The Balaban J connectivity index is -0.0000000533. The first-order valence-corrected chi connectivity index (χ1v) is 5.94. The quantitative estimate of drug-likeness (QED) is 0.373. The third-order valence-corrected chi connectivity index (χ3v) is 1.15. The minimum absolute atomic E-state index is 0. The normalized spacial score (nSPS) is 8.00. The second kappa shape index (κ2) is 49.7. The summed E-state index contributed by atoms with van der Waals surface area (Å²) in [6, 6.07) is 0. The second-order valence-corrected chi connectivity index (χ2v) is 2.79. The number of hydrogen-bond donors (Lipinski definition) is 0. The van der Waals surface area contributed by atoms with Crippen molar-refractivity contribution in [2.45, 2.75) is 0 Å². The first kappa shape index (κ1) is 33.6. The molecule has 0 N–H and O–H groups in total. The van der Waals surface area contributed by atoms with E-state index in [0.717, 1.165) is 0 Å². The molecule has 0 unspecified atom stereocenters. The molecule has 0 aromatic rings.